The average Bonchev–Trinajstić information content (AvgIpc) is 3.23. The molecule has 0 aliphatic carbocycles. The molecule has 4 heteroatoms. The van der Waals surface area contributed by atoms with Gasteiger partial charge in [0.15, 0.2) is 0 Å². The molecular weight excluding hydrogens is 456 g/mol. The average molecular weight is 466 g/mol. The van der Waals surface area contributed by atoms with Gasteiger partial charge in [-0.1, -0.05) is 36.4 Å². The lowest BCUT2D eigenvalue weighted by Crippen LogP contribution is -1.80. The van der Waals surface area contributed by atoms with Crippen molar-refractivity contribution in [2.75, 3.05) is 0 Å². The van der Waals surface area contributed by atoms with Crippen LogP contribution in [0.4, 0.5) is 0 Å². The van der Waals surface area contributed by atoms with Crippen LogP contribution in [0.5, 0.6) is 0 Å². The van der Waals surface area contributed by atoms with Crippen LogP contribution in [0.3, 0.4) is 0 Å². The SMILES string of the molecule is Brc1cc2c(cc(Br)c3oc4ccccc4c32)c2c1oc1ccccc12. The molecule has 0 unspecified atom stereocenters. The summed E-state index contributed by atoms with van der Waals surface area (Å²) >= 11 is 7.43. The highest BCUT2D eigenvalue weighted by molar-refractivity contribution is 9.11. The summed E-state index contributed by atoms with van der Waals surface area (Å²) < 4.78 is 14.2. The first-order chi connectivity index (χ1) is 12.7. The number of hydrogen-bond acceptors (Lipinski definition) is 2. The summed E-state index contributed by atoms with van der Waals surface area (Å²) in [7, 11) is 0. The highest BCUT2D eigenvalue weighted by Gasteiger charge is 2.19. The zero-order valence-corrected chi connectivity index (χ0v) is 16.5. The summed E-state index contributed by atoms with van der Waals surface area (Å²) in [6.45, 7) is 0. The second kappa shape index (κ2) is 5.12. The lowest BCUT2D eigenvalue weighted by atomic mass is 9.99. The van der Waals surface area contributed by atoms with Crippen molar-refractivity contribution < 1.29 is 8.83 Å². The van der Waals surface area contributed by atoms with Crippen molar-refractivity contribution >= 4 is 86.5 Å². The first kappa shape index (κ1) is 14.8. The van der Waals surface area contributed by atoms with E-state index in [0.717, 1.165) is 63.6 Å². The van der Waals surface area contributed by atoms with E-state index in [0.29, 0.717) is 0 Å². The maximum atomic E-state index is 6.13. The number of para-hydroxylation sites is 2. The van der Waals surface area contributed by atoms with Gasteiger partial charge in [0.05, 0.1) is 8.95 Å². The van der Waals surface area contributed by atoms with Crippen LogP contribution in [0.25, 0.3) is 54.6 Å². The second-order valence-electron chi connectivity index (χ2n) is 6.42. The smallest absolute Gasteiger partial charge is 0.150 e. The van der Waals surface area contributed by atoms with Crippen LogP contribution in [0.2, 0.25) is 0 Å². The largest absolute Gasteiger partial charge is 0.455 e. The summed E-state index contributed by atoms with van der Waals surface area (Å²) in [5.41, 5.74) is 3.53. The summed E-state index contributed by atoms with van der Waals surface area (Å²) in [6.07, 6.45) is 0. The molecule has 0 saturated heterocycles. The molecule has 4 aromatic carbocycles. The quantitative estimate of drug-likeness (QED) is 0.226. The maximum Gasteiger partial charge on any atom is 0.150 e. The Morgan fingerprint density at radius 1 is 0.538 bits per heavy atom. The molecule has 0 N–H and O–H groups in total. The fraction of sp³-hybridized carbons (Fsp3) is 0. The standard InChI is InChI=1S/C22H10Br2O2/c23-15-10-14-13(19-11-5-1-3-7-17(11)25-21(15)19)9-16(24)22-20(14)12-6-2-4-8-18(12)26-22/h1-10H. The molecule has 0 atom stereocenters. The van der Waals surface area contributed by atoms with E-state index in [1.165, 1.54) is 0 Å². The van der Waals surface area contributed by atoms with Crippen LogP contribution in [0.1, 0.15) is 0 Å². The van der Waals surface area contributed by atoms with E-state index >= 15 is 0 Å². The van der Waals surface area contributed by atoms with Crippen molar-refractivity contribution in [2.45, 2.75) is 0 Å². The Kier molecular flexibility index (Phi) is 2.92. The number of benzene rings is 4. The molecule has 0 radical (unpaired) electrons. The molecule has 26 heavy (non-hydrogen) atoms. The van der Waals surface area contributed by atoms with Gasteiger partial charge in [0.2, 0.25) is 0 Å². The van der Waals surface area contributed by atoms with E-state index in [-0.39, 0.29) is 0 Å². The topological polar surface area (TPSA) is 26.3 Å². The van der Waals surface area contributed by atoms with Gasteiger partial charge in [-0.25, -0.2) is 0 Å². The van der Waals surface area contributed by atoms with Gasteiger partial charge in [-0.2, -0.15) is 0 Å². The number of halogens is 2. The van der Waals surface area contributed by atoms with Crippen LogP contribution >= 0.6 is 31.9 Å². The van der Waals surface area contributed by atoms with Gasteiger partial charge in [-0.15, -0.1) is 0 Å². The lowest BCUT2D eigenvalue weighted by molar-refractivity contribution is 0.666. The number of fused-ring (bicyclic) bond motifs is 9. The minimum absolute atomic E-state index is 0.873. The van der Waals surface area contributed by atoms with E-state index in [4.69, 9.17) is 8.83 Å². The van der Waals surface area contributed by atoms with Crippen molar-refractivity contribution in [1.82, 2.24) is 0 Å². The molecule has 0 saturated carbocycles. The summed E-state index contributed by atoms with van der Waals surface area (Å²) in [4.78, 5) is 0. The molecule has 6 aromatic rings. The van der Waals surface area contributed by atoms with Crippen molar-refractivity contribution in [2.24, 2.45) is 0 Å². The molecule has 0 bridgehead atoms. The van der Waals surface area contributed by atoms with E-state index in [2.05, 4.69) is 56.1 Å². The fourth-order valence-corrected chi connectivity index (χ4v) is 4.93. The molecule has 124 valence electrons. The summed E-state index contributed by atoms with van der Waals surface area (Å²) in [5.74, 6) is 0. The van der Waals surface area contributed by atoms with Crippen molar-refractivity contribution in [1.29, 1.82) is 0 Å². The van der Waals surface area contributed by atoms with Crippen molar-refractivity contribution in [3.8, 4) is 0 Å². The highest BCUT2D eigenvalue weighted by atomic mass is 79.9. The van der Waals surface area contributed by atoms with Crippen molar-refractivity contribution in [3.63, 3.8) is 0 Å². The van der Waals surface area contributed by atoms with E-state index in [1.54, 1.807) is 0 Å². The summed E-state index contributed by atoms with van der Waals surface area (Å²) in [5, 5.41) is 6.79. The molecule has 2 heterocycles. The second-order valence-corrected chi connectivity index (χ2v) is 8.13. The van der Waals surface area contributed by atoms with Crippen LogP contribution in [-0.4, -0.2) is 0 Å². The van der Waals surface area contributed by atoms with Crippen molar-refractivity contribution in [3.05, 3.63) is 69.6 Å². The fourth-order valence-electron chi connectivity index (χ4n) is 3.92. The normalized spacial score (nSPS) is 12.2. The molecule has 2 aromatic heterocycles. The molecule has 0 aliphatic heterocycles. The van der Waals surface area contributed by atoms with Gasteiger partial charge >= 0.3 is 0 Å². The number of hydrogen-bond donors (Lipinski definition) is 0. The van der Waals surface area contributed by atoms with E-state index in [9.17, 15) is 0 Å². The summed E-state index contributed by atoms with van der Waals surface area (Å²) in [6, 6.07) is 20.6. The highest BCUT2D eigenvalue weighted by Crippen LogP contribution is 2.45. The van der Waals surface area contributed by atoms with E-state index in [1.807, 2.05) is 36.4 Å². The van der Waals surface area contributed by atoms with Gasteiger partial charge in [-0.05, 0) is 66.9 Å². The first-order valence-corrected chi connectivity index (χ1v) is 9.84. The molecule has 0 aliphatic rings. The zero-order valence-electron chi connectivity index (χ0n) is 13.3. The lowest BCUT2D eigenvalue weighted by Gasteiger charge is -2.05. The van der Waals surface area contributed by atoms with Crippen LogP contribution < -0.4 is 0 Å². The van der Waals surface area contributed by atoms with Gasteiger partial charge in [0.25, 0.3) is 0 Å². The minimum Gasteiger partial charge on any atom is -0.455 e. The van der Waals surface area contributed by atoms with Gasteiger partial charge in [0, 0.05) is 21.5 Å². The number of furan rings is 2. The Bertz CT molecular complexity index is 1390. The zero-order chi connectivity index (χ0) is 17.4. The molecule has 0 spiro atoms. The molecule has 2 nitrogen and oxygen atoms in total. The Morgan fingerprint density at radius 3 is 1.42 bits per heavy atom. The maximum absolute atomic E-state index is 6.13. The van der Waals surface area contributed by atoms with Gasteiger partial charge < -0.3 is 8.83 Å². The number of rotatable bonds is 0. The molecule has 6 rings (SSSR count). The van der Waals surface area contributed by atoms with Gasteiger partial charge in [0.1, 0.15) is 22.3 Å². The first-order valence-electron chi connectivity index (χ1n) is 8.25. The molecule has 0 fully saturated rings. The van der Waals surface area contributed by atoms with Crippen LogP contribution in [0.15, 0.2) is 78.4 Å². The molecule has 0 amide bonds. The van der Waals surface area contributed by atoms with Crippen LogP contribution in [0, 0.1) is 0 Å². The van der Waals surface area contributed by atoms with Gasteiger partial charge in [-0.3, -0.25) is 0 Å². The van der Waals surface area contributed by atoms with E-state index < -0.39 is 0 Å². The third-order valence-electron chi connectivity index (χ3n) is 5.00. The Balaban J connectivity index is 1.99. The third kappa shape index (κ3) is 1.81. The Hall–Kier alpha value is -2.30. The predicted octanol–water partition coefficient (Wildman–Crippen LogP) is 8.16. The Labute approximate surface area is 164 Å². The van der Waals surface area contributed by atoms with Crippen LogP contribution in [-0.2, 0) is 0 Å². The predicted molar refractivity (Wildman–Crippen MR) is 114 cm³/mol. The monoisotopic (exact) mass is 464 g/mol. The Morgan fingerprint density at radius 2 is 0.962 bits per heavy atom. The minimum atomic E-state index is 0.873. The third-order valence-corrected chi connectivity index (χ3v) is 6.17. The molecular formula is C22H10Br2O2.